The van der Waals surface area contributed by atoms with E-state index in [-0.39, 0.29) is 17.2 Å². The maximum absolute atomic E-state index is 13.0. The van der Waals surface area contributed by atoms with Gasteiger partial charge < -0.3 is 9.84 Å². The van der Waals surface area contributed by atoms with Gasteiger partial charge in [0.05, 0.1) is 12.5 Å². The predicted molar refractivity (Wildman–Crippen MR) is 149 cm³/mol. The van der Waals surface area contributed by atoms with Crippen molar-refractivity contribution in [3.63, 3.8) is 0 Å². The second-order valence-corrected chi connectivity index (χ2v) is 11.9. The van der Waals surface area contributed by atoms with Crippen molar-refractivity contribution in [2.75, 3.05) is 26.2 Å². The molecule has 0 spiro atoms. The number of likely N-dealkylation sites (tertiary alicyclic amines) is 2. The van der Waals surface area contributed by atoms with Gasteiger partial charge in [-0.25, -0.2) is 0 Å². The minimum Gasteiger partial charge on any atom is -0.352 e. The molecule has 2 aliphatic rings. The fraction of sp³-hybridized carbons (Fsp3) is 0.516. The molecule has 5 rings (SSSR count). The van der Waals surface area contributed by atoms with Gasteiger partial charge in [-0.05, 0) is 67.4 Å². The van der Waals surface area contributed by atoms with Crippen LogP contribution in [0.4, 0.5) is 0 Å². The van der Waals surface area contributed by atoms with Gasteiger partial charge in [0.2, 0.25) is 17.6 Å². The molecular weight excluding hydrogens is 474 g/mol. The van der Waals surface area contributed by atoms with Crippen molar-refractivity contribution >= 4 is 5.91 Å². The van der Waals surface area contributed by atoms with Crippen molar-refractivity contribution in [1.29, 1.82) is 0 Å². The van der Waals surface area contributed by atoms with E-state index in [0.717, 1.165) is 37.1 Å². The van der Waals surface area contributed by atoms with Crippen molar-refractivity contribution in [3.05, 3.63) is 71.1 Å². The maximum Gasteiger partial charge on any atom is 0.241 e. The Kier molecular flexibility index (Phi) is 8.24. The summed E-state index contributed by atoms with van der Waals surface area (Å²) in [5.74, 6) is 1.31. The van der Waals surface area contributed by atoms with Crippen LogP contribution >= 0.6 is 0 Å². The fourth-order valence-corrected chi connectivity index (χ4v) is 5.46. The zero-order valence-corrected chi connectivity index (χ0v) is 23.1. The highest BCUT2D eigenvalue weighted by atomic mass is 16.5. The van der Waals surface area contributed by atoms with Crippen LogP contribution in [0.2, 0.25) is 0 Å². The van der Waals surface area contributed by atoms with Crippen LogP contribution in [0.15, 0.2) is 53.1 Å². The third kappa shape index (κ3) is 6.88. The van der Waals surface area contributed by atoms with E-state index in [1.54, 1.807) is 0 Å². The van der Waals surface area contributed by atoms with Gasteiger partial charge in [-0.15, -0.1) is 0 Å². The van der Waals surface area contributed by atoms with Gasteiger partial charge in [0, 0.05) is 25.2 Å². The molecule has 3 heterocycles. The van der Waals surface area contributed by atoms with E-state index in [9.17, 15) is 4.79 Å². The number of nitrogens with zero attached hydrogens (tertiary/aromatic N) is 4. The minimum absolute atomic E-state index is 0.0227. The first-order valence-corrected chi connectivity index (χ1v) is 14.1. The van der Waals surface area contributed by atoms with Crippen molar-refractivity contribution in [2.45, 2.75) is 71.5 Å². The Morgan fingerprint density at radius 1 is 0.921 bits per heavy atom. The van der Waals surface area contributed by atoms with E-state index in [1.807, 2.05) is 0 Å². The van der Waals surface area contributed by atoms with Gasteiger partial charge in [0.1, 0.15) is 0 Å². The van der Waals surface area contributed by atoms with Gasteiger partial charge in [0.25, 0.3) is 0 Å². The van der Waals surface area contributed by atoms with Crippen molar-refractivity contribution in [1.82, 2.24) is 25.3 Å². The summed E-state index contributed by atoms with van der Waals surface area (Å²) in [6.07, 6.45) is 4.51. The molecular formula is C31H41N5O2. The van der Waals surface area contributed by atoms with Crippen LogP contribution in [0.25, 0.3) is 11.4 Å². The first kappa shape index (κ1) is 26.6. The number of carbonyl (C=O) groups is 1. The van der Waals surface area contributed by atoms with Crippen LogP contribution in [-0.2, 0) is 29.8 Å². The van der Waals surface area contributed by atoms with E-state index < -0.39 is 0 Å². The molecule has 1 atom stereocenters. The smallest absolute Gasteiger partial charge is 0.241 e. The van der Waals surface area contributed by atoms with Crippen LogP contribution in [0.5, 0.6) is 0 Å². The number of aromatic nitrogens is 2. The lowest BCUT2D eigenvalue weighted by molar-refractivity contribution is -0.127. The molecule has 2 fully saturated rings. The summed E-state index contributed by atoms with van der Waals surface area (Å²) < 4.78 is 5.57. The zero-order valence-electron chi connectivity index (χ0n) is 23.1. The number of carbonyl (C=O) groups excluding carboxylic acids is 1. The monoisotopic (exact) mass is 515 g/mol. The summed E-state index contributed by atoms with van der Waals surface area (Å²) in [4.78, 5) is 22.3. The molecule has 0 radical (unpaired) electrons. The second-order valence-electron chi connectivity index (χ2n) is 11.9. The van der Waals surface area contributed by atoms with Gasteiger partial charge in [-0.1, -0.05) is 74.5 Å². The number of piperidine rings is 1. The number of amides is 1. The van der Waals surface area contributed by atoms with Crippen LogP contribution in [0, 0.1) is 5.92 Å². The summed E-state index contributed by atoms with van der Waals surface area (Å²) >= 11 is 0. The molecule has 38 heavy (non-hydrogen) atoms. The molecule has 2 aliphatic heterocycles. The standard InChI is InChI=1S/C31H41N5O2/c1-31(2,3)27-14-12-25(13-15-27)29-33-28(38-34-29)22-36-18-6-7-26(21-36)30(37)32-19-23-8-10-24(11-9-23)20-35-16-4-5-17-35/h8-15,26H,4-7,16-22H2,1-3H3,(H,32,37). The molecule has 0 saturated carbocycles. The second kappa shape index (κ2) is 11.8. The fourth-order valence-electron chi connectivity index (χ4n) is 5.46. The molecule has 1 aromatic heterocycles. The van der Waals surface area contributed by atoms with E-state index in [1.165, 1.54) is 37.1 Å². The predicted octanol–water partition coefficient (Wildman–Crippen LogP) is 5.16. The lowest BCUT2D eigenvalue weighted by Gasteiger charge is -2.30. The summed E-state index contributed by atoms with van der Waals surface area (Å²) in [5, 5.41) is 7.36. The average Bonchev–Trinajstić information content (AvgIpc) is 3.60. The highest BCUT2D eigenvalue weighted by Crippen LogP contribution is 2.25. The highest BCUT2D eigenvalue weighted by Gasteiger charge is 2.27. The maximum atomic E-state index is 13.0. The summed E-state index contributed by atoms with van der Waals surface area (Å²) in [6, 6.07) is 17.0. The molecule has 1 amide bonds. The Balaban J connectivity index is 1.10. The van der Waals surface area contributed by atoms with Crippen LogP contribution in [-0.4, -0.2) is 52.0 Å². The molecule has 202 valence electrons. The molecule has 0 aliphatic carbocycles. The average molecular weight is 516 g/mol. The summed E-state index contributed by atoms with van der Waals surface area (Å²) in [7, 11) is 0. The molecule has 3 aromatic rings. The lowest BCUT2D eigenvalue weighted by atomic mass is 9.87. The van der Waals surface area contributed by atoms with E-state index in [0.29, 0.717) is 31.3 Å². The largest absolute Gasteiger partial charge is 0.352 e. The van der Waals surface area contributed by atoms with Crippen molar-refractivity contribution in [3.8, 4) is 11.4 Å². The Morgan fingerprint density at radius 3 is 2.32 bits per heavy atom. The van der Waals surface area contributed by atoms with E-state index >= 15 is 0 Å². The minimum atomic E-state index is -0.0227. The molecule has 0 bridgehead atoms. The van der Waals surface area contributed by atoms with Crippen LogP contribution < -0.4 is 5.32 Å². The highest BCUT2D eigenvalue weighted by molar-refractivity contribution is 5.79. The number of benzene rings is 2. The number of hydrogen-bond donors (Lipinski definition) is 1. The van der Waals surface area contributed by atoms with Crippen molar-refractivity contribution in [2.24, 2.45) is 5.92 Å². The first-order chi connectivity index (χ1) is 18.3. The Labute approximate surface area is 226 Å². The SMILES string of the molecule is CC(C)(C)c1ccc(-c2noc(CN3CCCC(C(=O)NCc4ccc(CN5CCCC5)cc4)C3)n2)cc1. The Hall–Kier alpha value is -3.03. The third-order valence-electron chi connectivity index (χ3n) is 7.81. The Morgan fingerprint density at radius 2 is 1.61 bits per heavy atom. The third-order valence-corrected chi connectivity index (χ3v) is 7.81. The molecule has 1 unspecified atom stereocenters. The molecule has 7 nitrogen and oxygen atoms in total. The normalized spacial score (nSPS) is 19.1. The molecule has 2 aromatic carbocycles. The lowest BCUT2D eigenvalue weighted by Crippen LogP contribution is -2.42. The van der Waals surface area contributed by atoms with Gasteiger partial charge in [-0.2, -0.15) is 4.98 Å². The van der Waals surface area contributed by atoms with Gasteiger partial charge in [-0.3, -0.25) is 14.6 Å². The van der Waals surface area contributed by atoms with E-state index in [4.69, 9.17) is 4.52 Å². The first-order valence-electron chi connectivity index (χ1n) is 14.1. The number of hydrogen-bond acceptors (Lipinski definition) is 6. The molecule has 2 saturated heterocycles. The molecule has 1 N–H and O–H groups in total. The topological polar surface area (TPSA) is 74.5 Å². The van der Waals surface area contributed by atoms with Crippen LogP contribution in [0.3, 0.4) is 0 Å². The van der Waals surface area contributed by atoms with Gasteiger partial charge >= 0.3 is 0 Å². The van der Waals surface area contributed by atoms with Gasteiger partial charge in [0.15, 0.2) is 0 Å². The zero-order chi connectivity index (χ0) is 26.5. The Bertz CT molecular complexity index is 1190. The summed E-state index contributed by atoms with van der Waals surface area (Å²) in [5.41, 5.74) is 4.82. The number of nitrogens with one attached hydrogen (secondary N) is 1. The molecule has 7 heteroatoms. The van der Waals surface area contributed by atoms with E-state index in [2.05, 4.69) is 94.6 Å². The number of rotatable bonds is 8. The van der Waals surface area contributed by atoms with Crippen molar-refractivity contribution < 1.29 is 9.32 Å². The van der Waals surface area contributed by atoms with Crippen LogP contribution in [0.1, 0.15) is 69.0 Å². The summed E-state index contributed by atoms with van der Waals surface area (Å²) in [6.45, 7) is 12.8. The quantitative estimate of drug-likeness (QED) is 0.447.